The molecule has 0 aliphatic heterocycles. The van der Waals surface area contributed by atoms with E-state index in [4.69, 9.17) is 0 Å². The highest BCUT2D eigenvalue weighted by molar-refractivity contribution is 5.76. The van der Waals surface area contributed by atoms with Gasteiger partial charge in [-0.3, -0.25) is 4.79 Å². The van der Waals surface area contributed by atoms with Crippen LogP contribution in [-0.2, 0) is 4.79 Å². The van der Waals surface area contributed by atoms with Gasteiger partial charge < -0.3 is 15.5 Å². The highest BCUT2D eigenvalue weighted by Crippen LogP contribution is 2.14. The average molecular weight is 616 g/mol. The molecule has 0 aromatic carbocycles. The molecule has 2 atom stereocenters. The molecule has 4 nitrogen and oxygen atoms in total. The quantitative estimate of drug-likeness (QED) is 0.0508. The topological polar surface area (TPSA) is 69.6 Å². The van der Waals surface area contributed by atoms with Gasteiger partial charge in [-0.25, -0.2) is 0 Å². The number of aliphatic hydroxyl groups is 2. The van der Waals surface area contributed by atoms with Crippen molar-refractivity contribution >= 4 is 5.91 Å². The van der Waals surface area contributed by atoms with Gasteiger partial charge in [0.05, 0.1) is 18.8 Å². The van der Waals surface area contributed by atoms with E-state index in [-0.39, 0.29) is 12.5 Å². The van der Waals surface area contributed by atoms with Crippen molar-refractivity contribution in [1.29, 1.82) is 0 Å². The SMILES string of the molecule is CC/C=C\C/C=C\C/C=C\CCCCCCCCCC(=O)NC(CO)C(O)/C=C/CCCCCCCCCCCCCCC. The van der Waals surface area contributed by atoms with Crippen molar-refractivity contribution in [2.45, 2.75) is 193 Å². The molecule has 0 aromatic heterocycles. The van der Waals surface area contributed by atoms with E-state index in [1.165, 1.54) is 103 Å². The molecule has 4 heteroatoms. The van der Waals surface area contributed by atoms with Gasteiger partial charge in [-0.05, 0) is 51.4 Å². The van der Waals surface area contributed by atoms with Crippen LogP contribution in [0.25, 0.3) is 0 Å². The summed E-state index contributed by atoms with van der Waals surface area (Å²) in [5.41, 5.74) is 0. The van der Waals surface area contributed by atoms with E-state index < -0.39 is 12.1 Å². The molecular formula is C40H73NO3. The predicted molar refractivity (Wildman–Crippen MR) is 193 cm³/mol. The van der Waals surface area contributed by atoms with Crippen LogP contribution in [0.5, 0.6) is 0 Å². The minimum absolute atomic E-state index is 0.0768. The molecule has 0 fully saturated rings. The fourth-order valence-electron chi connectivity index (χ4n) is 5.43. The summed E-state index contributed by atoms with van der Waals surface area (Å²) in [6.07, 6.45) is 47.6. The van der Waals surface area contributed by atoms with E-state index in [1.807, 2.05) is 6.08 Å². The van der Waals surface area contributed by atoms with E-state index in [2.05, 4.69) is 55.6 Å². The summed E-state index contributed by atoms with van der Waals surface area (Å²) in [7, 11) is 0. The first-order valence-electron chi connectivity index (χ1n) is 18.9. The van der Waals surface area contributed by atoms with Gasteiger partial charge in [-0.2, -0.15) is 0 Å². The van der Waals surface area contributed by atoms with E-state index >= 15 is 0 Å². The zero-order chi connectivity index (χ0) is 32.2. The maximum atomic E-state index is 12.3. The van der Waals surface area contributed by atoms with Gasteiger partial charge >= 0.3 is 0 Å². The molecule has 0 bridgehead atoms. The molecule has 0 aromatic rings. The number of hydrogen-bond acceptors (Lipinski definition) is 3. The highest BCUT2D eigenvalue weighted by atomic mass is 16.3. The lowest BCUT2D eigenvalue weighted by molar-refractivity contribution is -0.123. The summed E-state index contributed by atoms with van der Waals surface area (Å²) >= 11 is 0. The first-order valence-corrected chi connectivity index (χ1v) is 18.9. The highest BCUT2D eigenvalue weighted by Gasteiger charge is 2.17. The number of aliphatic hydroxyl groups excluding tert-OH is 2. The van der Waals surface area contributed by atoms with Crippen molar-refractivity contribution in [3.8, 4) is 0 Å². The molecule has 2 unspecified atom stereocenters. The zero-order valence-electron chi connectivity index (χ0n) is 29.2. The van der Waals surface area contributed by atoms with Crippen LogP contribution in [0.15, 0.2) is 48.6 Å². The Labute approximate surface area is 274 Å². The smallest absolute Gasteiger partial charge is 0.220 e. The van der Waals surface area contributed by atoms with Crippen molar-refractivity contribution in [1.82, 2.24) is 5.32 Å². The van der Waals surface area contributed by atoms with Gasteiger partial charge in [0, 0.05) is 6.42 Å². The molecule has 0 spiro atoms. The number of carbonyl (C=O) groups is 1. The summed E-state index contributed by atoms with van der Waals surface area (Å²) in [6.45, 7) is 4.18. The fraction of sp³-hybridized carbons (Fsp3) is 0.775. The largest absolute Gasteiger partial charge is 0.394 e. The lowest BCUT2D eigenvalue weighted by Gasteiger charge is -2.20. The van der Waals surface area contributed by atoms with Crippen LogP contribution < -0.4 is 5.32 Å². The third kappa shape index (κ3) is 31.8. The molecule has 3 N–H and O–H groups in total. The molecule has 0 aliphatic rings. The molecule has 0 saturated carbocycles. The number of rotatable bonds is 33. The van der Waals surface area contributed by atoms with Crippen LogP contribution in [0.1, 0.15) is 181 Å². The van der Waals surface area contributed by atoms with Crippen LogP contribution in [-0.4, -0.2) is 34.9 Å². The van der Waals surface area contributed by atoms with Gasteiger partial charge in [0.25, 0.3) is 0 Å². The van der Waals surface area contributed by atoms with E-state index in [0.29, 0.717) is 6.42 Å². The van der Waals surface area contributed by atoms with E-state index in [0.717, 1.165) is 57.8 Å². The summed E-state index contributed by atoms with van der Waals surface area (Å²) in [6, 6.07) is -0.626. The third-order valence-electron chi connectivity index (χ3n) is 8.32. The molecule has 0 heterocycles. The summed E-state index contributed by atoms with van der Waals surface area (Å²) in [4.78, 5) is 12.3. The van der Waals surface area contributed by atoms with Gasteiger partial charge in [-0.15, -0.1) is 0 Å². The maximum absolute atomic E-state index is 12.3. The molecule has 256 valence electrons. The Bertz CT molecular complexity index is 711. The van der Waals surface area contributed by atoms with Crippen LogP contribution in [0.2, 0.25) is 0 Å². The van der Waals surface area contributed by atoms with Gasteiger partial charge in [0.2, 0.25) is 5.91 Å². The van der Waals surface area contributed by atoms with Crippen molar-refractivity contribution in [2.75, 3.05) is 6.61 Å². The van der Waals surface area contributed by atoms with Crippen LogP contribution in [0.4, 0.5) is 0 Å². The Morgan fingerprint density at radius 1 is 0.568 bits per heavy atom. The van der Waals surface area contributed by atoms with Gasteiger partial charge in [-0.1, -0.05) is 172 Å². The molecular weight excluding hydrogens is 542 g/mol. The monoisotopic (exact) mass is 616 g/mol. The molecule has 1 amide bonds. The number of unbranched alkanes of at least 4 members (excludes halogenated alkanes) is 20. The molecule has 0 radical (unpaired) electrons. The maximum Gasteiger partial charge on any atom is 0.220 e. The Morgan fingerprint density at radius 2 is 1.00 bits per heavy atom. The number of carbonyl (C=O) groups excluding carboxylic acids is 1. The van der Waals surface area contributed by atoms with Crippen molar-refractivity contribution in [3.05, 3.63) is 48.6 Å². The number of hydrogen-bond donors (Lipinski definition) is 3. The second-order valence-corrected chi connectivity index (χ2v) is 12.6. The minimum atomic E-state index is -0.842. The fourth-order valence-corrected chi connectivity index (χ4v) is 5.43. The summed E-state index contributed by atoms with van der Waals surface area (Å²) in [5.74, 6) is -0.0768. The number of nitrogens with one attached hydrogen (secondary N) is 1. The Hall–Kier alpha value is -1.65. The van der Waals surface area contributed by atoms with Gasteiger partial charge in [0.1, 0.15) is 0 Å². The first-order chi connectivity index (χ1) is 21.7. The number of allylic oxidation sites excluding steroid dienone is 7. The second kappa shape index (κ2) is 35.8. The van der Waals surface area contributed by atoms with E-state index in [1.54, 1.807) is 6.08 Å². The molecule has 44 heavy (non-hydrogen) atoms. The van der Waals surface area contributed by atoms with Crippen molar-refractivity contribution in [3.63, 3.8) is 0 Å². The van der Waals surface area contributed by atoms with Crippen LogP contribution in [0, 0.1) is 0 Å². The van der Waals surface area contributed by atoms with Crippen molar-refractivity contribution < 1.29 is 15.0 Å². The molecule has 0 saturated heterocycles. The normalized spacial score (nSPS) is 13.6. The van der Waals surface area contributed by atoms with Gasteiger partial charge in [0.15, 0.2) is 0 Å². The van der Waals surface area contributed by atoms with Crippen molar-refractivity contribution in [2.24, 2.45) is 0 Å². The Balaban J connectivity index is 3.65. The van der Waals surface area contributed by atoms with Crippen LogP contribution >= 0.6 is 0 Å². The minimum Gasteiger partial charge on any atom is -0.394 e. The molecule has 0 aliphatic carbocycles. The first kappa shape index (κ1) is 42.3. The average Bonchev–Trinajstić information content (AvgIpc) is 3.03. The van der Waals surface area contributed by atoms with E-state index in [9.17, 15) is 15.0 Å². The Morgan fingerprint density at radius 3 is 1.50 bits per heavy atom. The zero-order valence-corrected chi connectivity index (χ0v) is 29.2. The molecule has 0 rings (SSSR count). The standard InChI is InChI=1S/C40H73NO3/c1-3-5-7-9-11-13-15-17-19-20-22-24-26-28-30-32-34-36-40(44)41-38(37-42)39(43)35-33-31-29-27-25-23-21-18-16-14-12-10-8-6-4-2/h5,7,11,13,17,19,33,35,38-39,42-43H,3-4,6,8-10,12,14-16,18,20-32,34,36-37H2,1-2H3,(H,41,44)/b7-5-,13-11-,19-17-,35-33+. The third-order valence-corrected chi connectivity index (χ3v) is 8.32. The predicted octanol–water partition coefficient (Wildman–Crippen LogP) is 11.2. The summed E-state index contributed by atoms with van der Waals surface area (Å²) < 4.78 is 0. The second-order valence-electron chi connectivity index (χ2n) is 12.6. The number of amides is 1. The van der Waals surface area contributed by atoms with Crippen LogP contribution in [0.3, 0.4) is 0 Å². The lowest BCUT2D eigenvalue weighted by Crippen LogP contribution is -2.45. The lowest BCUT2D eigenvalue weighted by atomic mass is 10.0. The Kier molecular flexibility index (Phi) is 34.5. The summed E-state index contributed by atoms with van der Waals surface area (Å²) in [5, 5.41) is 22.9.